The summed E-state index contributed by atoms with van der Waals surface area (Å²) >= 11 is 0. The first-order chi connectivity index (χ1) is 9.40. The van der Waals surface area contributed by atoms with Crippen LogP contribution >= 0.6 is 0 Å². The quantitative estimate of drug-likeness (QED) is 0.919. The van der Waals surface area contributed by atoms with Crippen LogP contribution in [-0.2, 0) is 21.4 Å². The zero-order chi connectivity index (χ0) is 14.8. The van der Waals surface area contributed by atoms with E-state index in [1.165, 1.54) is 5.56 Å². The van der Waals surface area contributed by atoms with Crippen molar-refractivity contribution in [3.8, 4) is 0 Å². The van der Waals surface area contributed by atoms with Crippen molar-refractivity contribution in [3.63, 3.8) is 0 Å². The number of benzene rings is 1. The van der Waals surface area contributed by atoms with Crippen LogP contribution in [0.25, 0.3) is 0 Å². The summed E-state index contributed by atoms with van der Waals surface area (Å²) in [6.45, 7) is 7.06. The molecule has 2 N–H and O–H groups in total. The third-order valence-electron chi connectivity index (χ3n) is 3.93. The topological polar surface area (TPSA) is 52.3 Å². The molecule has 2 atom stereocenters. The standard InChI is InChI=1S/C17H25NO2/c1-17(2,3)13-6-4-12(5-7-13)10-15(19)16-9-8-14(11-18)20-16/h4-7,14,16H,8-11,18H2,1-3H3. The summed E-state index contributed by atoms with van der Waals surface area (Å²) in [6.07, 6.45) is 1.96. The molecule has 0 amide bonds. The Morgan fingerprint density at radius 1 is 1.25 bits per heavy atom. The van der Waals surface area contributed by atoms with Crippen LogP contribution in [-0.4, -0.2) is 24.5 Å². The molecule has 3 nitrogen and oxygen atoms in total. The Hall–Kier alpha value is -1.19. The molecule has 2 unspecified atom stereocenters. The second kappa shape index (κ2) is 6.06. The minimum absolute atomic E-state index is 0.0622. The number of Topliss-reactive ketones (excluding diaryl/α,β-unsaturated/α-hetero) is 1. The third-order valence-corrected chi connectivity index (χ3v) is 3.93. The van der Waals surface area contributed by atoms with Crippen LogP contribution < -0.4 is 5.73 Å². The smallest absolute Gasteiger partial charge is 0.165 e. The van der Waals surface area contributed by atoms with Gasteiger partial charge in [0.25, 0.3) is 0 Å². The van der Waals surface area contributed by atoms with E-state index in [9.17, 15) is 4.79 Å². The van der Waals surface area contributed by atoms with Gasteiger partial charge >= 0.3 is 0 Å². The van der Waals surface area contributed by atoms with E-state index < -0.39 is 0 Å². The largest absolute Gasteiger partial charge is 0.366 e. The number of rotatable bonds is 4. The van der Waals surface area contributed by atoms with Crippen molar-refractivity contribution < 1.29 is 9.53 Å². The van der Waals surface area contributed by atoms with Crippen molar-refractivity contribution in [3.05, 3.63) is 35.4 Å². The number of ether oxygens (including phenoxy) is 1. The van der Waals surface area contributed by atoms with Gasteiger partial charge in [-0.1, -0.05) is 45.0 Å². The van der Waals surface area contributed by atoms with Crippen molar-refractivity contribution in [1.82, 2.24) is 0 Å². The van der Waals surface area contributed by atoms with Gasteiger partial charge in [-0.2, -0.15) is 0 Å². The highest BCUT2D eigenvalue weighted by Gasteiger charge is 2.29. The molecule has 1 fully saturated rings. The highest BCUT2D eigenvalue weighted by atomic mass is 16.5. The molecule has 0 radical (unpaired) electrons. The minimum Gasteiger partial charge on any atom is -0.366 e. The number of nitrogens with two attached hydrogens (primary N) is 1. The molecule has 0 saturated carbocycles. The van der Waals surface area contributed by atoms with Gasteiger partial charge in [0.1, 0.15) is 6.10 Å². The second-order valence-electron chi connectivity index (χ2n) is 6.65. The van der Waals surface area contributed by atoms with Gasteiger partial charge in [0.2, 0.25) is 0 Å². The Morgan fingerprint density at radius 2 is 1.90 bits per heavy atom. The van der Waals surface area contributed by atoms with Gasteiger partial charge in [0, 0.05) is 13.0 Å². The average Bonchev–Trinajstić information content (AvgIpc) is 2.87. The summed E-state index contributed by atoms with van der Waals surface area (Å²) in [5.41, 5.74) is 8.06. The number of hydrogen-bond donors (Lipinski definition) is 1. The van der Waals surface area contributed by atoms with Crippen molar-refractivity contribution in [2.75, 3.05) is 6.54 Å². The maximum atomic E-state index is 12.2. The lowest BCUT2D eigenvalue weighted by atomic mass is 9.86. The lowest BCUT2D eigenvalue weighted by Crippen LogP contribution is -2.26. The molecule has 1 aliphatic heterocycles. The van der Waals surface area contributed by atoms with Crippen LogP contribution in [0.3, 0.4) is 0 Å². The first-order valence-corrected chi connectivity index (χ1v) is 7.38. The lowest BCUT2D eigenvalue weighted by molar-refractivity contribution is -0.128. The summed E-state index contributed by atoms with van der Waals surface area (Å²) in [4.78, 5) is 12.2. The van der Waals surface area contributed by atoms with Gasteiger partial charge in [0.15, 0.2) is 5.78 Å². The Morgan fingerprint density at radius 3 is 2.40 bits per heavy atom. The molecular weight excluding hydrogens is 250 g/mol. The summed E-state index contributed by atoms with van der Waals surface area (Å²) < 4.78 is 5.65. The zero-order valence-corrected chi connectivity index (χ0v) is 12.7. The Balaban J connectivity index is 1.95. The second-order valence-corrected chi connectivity index (χ2v) is 6.65. The molecule has 20 heavy (non-hydrogen) atoms. The number of hydrogen-bond acceptors (Lipinski definition) is 3. The van der Waals surface area contributed by atoms with Gasteiger partial charge in [0.05, 0.1) is 6.10 Å². The fourth-order valence-corrected chi connectivity index (χ4v) is 2.55. The highest BCUT2D eigenvalue weighted by molar-refractivity contribution is 5.85. The van der Waals surface area contributed by atoms with E-state index in [0.717, 1.165) is 18.4 Å². The van der Waals surface area contributed by atoms with Crippen LogP contribution in [0.15, 0.2) is 24.3 Å². The third kappa shape index (κ3) is 3.68. The molecule has 1 heterocycles. The zero-order valence-electron chi connectivity index (χ0n) is 12.7. The maximum absolute atomic E-state index is 12.2. The summed E-state index contributed by atoms with van der Waals surface area (Å²) in [5.74, 6) is 0.171. The highest BCUT2D eigenvalue weighted by Crippen LogP contribution is 2.24. The van der Waals surface area contributed by atoms with Crippen LogP contribution in [0.2, 0.25) is 0 Å². The van der Waals surface area contributed by atoms with Crippen molar-refractivity contribution in [2.45, 2.75) is 57.7 Å². The number of ketones is 1. The van der Waals surface area contributed by atoms with Gasteiger partial charge in [-0.25, -0.2) is 0 Å². The molecule has 1 aromatic carbocycles. The fraction of sp³-hybridized carbons (Fsp3) is 0.588. The van der Waals surface area contributed by atoms with Gasteiger partial charge in [-0.15, -0.1) is 0 Å². The van der Waals surface area contributed by atoms with E-state index in [0.29, 0.717) is 13.0 Å². The minimum atomic E-state index is -0.258. The Labute approximate surface area is 121 Å². The van der Waals surface area contributed by atoms with E-state index >= 15 is 0 Å². The van der Waals surface area contributed by atoms with Gasteiger partial charge in [-0.3, -0.25) is 4.79 Å². The monoisotopic (exact) mass is 275 g/mol. The van der Waals surface area contributed by atoms with Crippen LogP contribution in [0, 0.1) is 0 Å². The molecule has 1 aliphatic rings. The molecule has 1 aromatic rings. The van der Waals surface area contributed by atoms with Crippen LogP contribution in [0.4, 0.5) is 0 Å². The average molecular weight is 275 g/mol. The molecule has 0 spiro atoms. The molecule has 1 saturated heterocycles. The molecule has 0 aliphatic carbocycles. The number of carbonyl (C=O) groups is 1. The predicted molar refractivity (Wildman–Crippen MR) is 80.8 cm³/mol. The molecule has 110 valence electrons. The first kappa shape index (κ1) is 15.2. The van der Waals surface area contributed by atoms with Gasteiger partial charge < -0.3 is 10.5 Å². The van der Waals surface area contributed by atoms with E-state index in [2.05, 4.69) is 32.9 Å². The first-order valence-electron chi connectivity index (χ1n) is 7.38. The normalized spacial score (nSPS) is 23.0. The summed E-state index contributed by atoms with van der Waals surface area (Å²) in [6, 6.07) is 8.32. The molecular formula is C17H25NO2. The predicted octanol–water partition coefficient (Wildman–Crippen LogP) is 2.60. The molecule has 3 heteroatoms. The van der Waals surface area contributed by atoms with Crippen LogP contribution in [0.1, 0.15) is 44.7 Å². The van der Waals surface area contributed by atoms with Crippen molar-refractivity contribution in [2.24, 2.45) is 5.73 Å². The molecule has 0 bridgehead atoms. The SMILES string of the molecule is CC(C)(C)c1ccc(CC(=O)C2CCC(CN)O2)cc1. The summed E-state index contributed by atoms with van der Waals surface area (Å²) in [5, 5.41) is 0. The van der Waals surface area contributed by atoms with E-state index in [4.69, 9.17) is 10.5 Å². The number of carbonyl (C=O) groups excluding carboxylic acids is 1. The lowest BCUT2D eigenvalue weighted by Gasteiger charge is -2.19. The van der Waals surface area contributed by atoms with Crippen molar-refractivity contribution >= 4 is 5.78 Å². The fourth-order valence-electron chi connectivity index (χ4n) is 2.55. The van der Waals surface area contributed by atoms with Gasteiger partial charge in [-0.05, 0) is 29.4 Å². The summed E-state index contributed by atoms with van der Waals surface area (Å²) in [7, 11) is 0. The van der Waals surface area contributed by atoms with Crippen LogP contribution in [0.5, 0.6) is 0 Å². The van der Waals surface area contributed by atoms with E-state index in [1.54, 1.807) is 0 Å². The Kier molecular flexibility index (Phi) is 4.61. The molecule has 2 rings (SSSR count). The Bertz CT molecular complexity index is 459. The van der Waals surface area contributed by atoms with Crippen molar-refractivity contribution in [1.29, 1.82) is 0 Å². The van der Waals surface area contributed by atoms with E-state index in [1.807, 2.05) is 12.1 Å². The molecule has 0 aromatic heterocycles. The maximum Gasteiger partial charge on any atom is 0.165 e. The van der Waals surface area contributed by atoms with E-state index in [-0.39, 0.29) is 23.4 Å².